The number of carbonyl (C=O) groups excluding carboxylic acids is 1. The first-order chi connectivity index (χ1) is 15.0. The molecule has 0 saturated carbocycles. The van der Waals surface area contributed by atoms with Gasteiger partial charge >= 0.3 is 0 Å². The molecule has 0 radical (unpaired) electrons. The molecule has 0 aromatic heterocycles. The number of carbonyl (C=O) groups is 1. The summed E-state index contributed by atoms with van der Waals surface area (Å²) in [5, 5.41) is 19.0. The number of rotatable bonds is 3. The summed E-state index contributed by atoms with van der Waals surface area (Å²) in [5.74, 6) is 1.65. The molecule has 1 aliphatic rings. The standard InChI is InChI=1S/C14H20O2.C10H10O2S.C3H6/c1-8-9(2)13-11(10(3)12(8)15)6-7-14(4,5)16-13;1-13-10(7-11)6-8-2-4-9(12)5-3-8;1-3-2/h15H,6-7H2,1-5H3;2-7,12H,1H3;3H,1H2,2H3/b;10-6-;. The van der Waals surface area contributed by atoms with E-state index in [0.717, 1.165) is 47.1 Å². The molecular formula is C27H36O4S. The normalized spacial score (nSPS) is 13.9. The fourth-order valence-electron chi connectivity index (χ4n) is 3.24. The van der Waals surface area contributed by atoms with Crippen molar-refractivity contribution in [3.8, 4) is 17.2 Å². The molecule has 0 unspecified atom stereocenters. The van der Waals surface area contributed by atoms with Crippen LogP contribution in [-0.4, -0.2) is 28.4 Å². The number of benzene rings is 2. The van der Waals surface area contributed by atoms with E-state index >= 15 is 0 Å². The lowest BCUT2D eigenvalue weighted by Gasteiger charge is -2.35. The summed E-state index contributed by atoms with van der Waals surface area (Å²) in [6.45, 7) is 15.4. The van der Waals surface area contributed by atoms with E-state index < -0.39 is 0 Å². The molecule has 32 heavy (non-hydrogen) atoms. The topological polar surface area (TPSA) is 66.8 Å². The quantitative estimate of drug-likeness (QED) is 0.298. The molecule has 1 aliphatic heterocycles. The Morgan fingerprint density at radius 1 is 1.09 bits per heavy atom. The van der Waals surface area contributed by atoms with Crippen molar-refractivity contribution in [2.24, 2.45) is 0 Å². The highest BCUT2D eigenvalue weighted by atomic mass is 32.2. The summed E-state index contributed by atoms with van der Waals surface area (Å²) in [4.78, 5) is 11.1. The Morgan fingerprint density at radius 3 is 2.16 bits per heavy atom. The Hall–Kier alpha value is -2.66. The number of phenolic OH excluding ortho intramolecular Hbond substituents is 2. The Labute approximate surface area is 197 Å². The molecule has 0 atom stereocenters. The van der Waals surface area contributed by atoms with Crippen LogP contribution in [-0.2, 0) is 11.2 Å². The van der Waals surface area contributed by atoms with Gasteiger partial charge in [-0.15, -0.1) is 18.3 Å². The van der Waals surface area contributed by atoms with Gasteiger partial charge in [0.1, 0.15) is 22.8 Å². The molecule has 174 valence electrons. The first-order valence-electron chi connectivity index (χ1n) is 10.6. The summed E-state index contributed by atoms with van der Waals surface area (Å²) in [5.41, 5.74) is 5.00. The van der Waals surface area contributed by atoms with E-state index in [1.807, 2.05) is 34.0 Å². The molecule has 0 fully saturated rings. The van der Waals surface area contributed by atoms with E-state index in [4.69, 9.17) is 9.84 Å². The lowest BCUT2D eigenvalue weighted by Crippen LogP contribution is -2.33. The van der Waals surface area contributed by atoms with Gasteiger partial charge in [-0.25, -0.2) is 0 Å². The van der Waals surface area contributed by atoms with Gasteiger partial charge in [0.15, 0.2) is 6.29 Å². The molecule has 2 aromatic carbocycles. The van der Waals surface area contributed by atoms with Gasteiger partial charge in [-0.1, -0.05) is 18.2 Å². The third-order valence-corrected chi connectivity index (χ3v) is 5.94. The van der Waals surface area contributed by atoms with Crippen molar-refractivity contribution in [1.29, 1.82) is 0 Å². The van der Waals surface area contributed by atoms with Gasteiger partial charge in [0.2, 0.25) is 0 Å². The SMILES string of the molecule is C=CC.CS/C(C=O)=C\c1ccc(O)cc1.Cc1c(C)c2c(c(C)c1O)CCC(C)(C)O2. The summed E-state index contributed by atoms with van der Waals surface area (Å²) >= 11 is 1.40. The Morgan fingerprint density at radius 2 is 1.66 bits per heavy atom. The summed E-state index contributed by atoms with van der Waals surface area (Å²) in [6.07, 6.45) is 8.18. The van der Waals surface area contributed by atoms with Gasteiger partial charge in [0, 0.05) is 10.5 Å². The molecule has 0 saturated heterocycles. The van der Waals surface area contributed by atoms with E-state index in [1.165, 1.54) is 17.3 Å². The Bertz CT molecular complexity index is 957. The predicted octanol–water partition coefficient (Wildman–Crippen LogP) is 6.91. The summed E-state index contributed by atoms with van der Waals surface area (Å²) < 4.78 is 6.06. The number of thioether (sulfide) groups is 1. The van der Waals surface area contributed by atoms with Crippen molar-refractivity contribution in [1.82, 2.24) is 0 Å². The highest BCUT2D eigenvalue weighted by Crippen LogP contribution is 2.42. The van der Waals surface area contributed by atoms with Crippen molar-refractivity contribution in [3.63, 3.8) is 0 Å². The maximum Gasteiger partial charge on any atom is 0.156 e. The molecule has 1 heterocycles. The number of fused-ring (bicyclic) bond motifs is 1. The molecular weight excluding hydrogens is 420 g/mol. The Balaban J connectivity index is 0.000000291. The predicted molar refractivity (Wildman–Crippen MR) is 137 cm³/mol. The highest BCUT2D eigenvalue weighted by Gasteiger charge is 2.30. The van der Waals surface area contributed by atoms with Crippen LogP contribution in [0.1, 0.15) is 55.0 Å². The molecule has 0 spiro atoms. The maximum atomic E-state index is 10.5. The van der Waals surface area contributed by atoms with Crippen molar-refractivity contribution >= 4 is 24.1 Å². The first-order valence-corrected chi connectivity index (χ1v) is 11.8. The average molecular weight is 457 g/mol. The number of ether oxygens (including phenoxy) is 1. The number of hydrogen-bond acceptors (Lipinski definition) is 5. The molecule has 2 N–H and O–H groups in total. The second-order valence-electron chi connectivity index (χ2n) is 8.26. The Kier molecular flexibility index (Phi) is 10.6. The smallest absolute Gasteiger partial charge is 0.156 e. The summed E-state index contributed by atoms with van der Waals surface area (Å²) in [6, 6.07) is 6.70. The van der Waals surface area contributed by atoms with E-state index in [0.29, 0.717) is 10.7 Å². The van der Waals surface area contributed by atoms with Crippen LogP contribution in [0.15, 0.2) is 41.8 Å². The van der Waals surface area contributed by atoms with Crippen LogP contribution in [0.3, 0.4) is 0 Å². The van der Waals surface area contributed by atoms with Crippen LogP contribution in [0.4, 0.5) is 0 Å². The molecule has 4 nitrogen and oxygen atoms in total. The van der Waals surface area contributed by atoms with E-state index in [2.05, 4.69) is 20.4 Å². The molecule has 2 aromatic rings. The second kappa shape index (κ2) is 12.4. The van der Waals surface area contributed by atoms with Gasteiger partial charge in [-0.05, 0) is 101 Å². The third kappa shape index (κ3) is 7.49. The zero-order chi connectivity index (χ0) is 24.5. The number of aldehydes is 1. The minimum atomic E-state index is -0.0897. The molecule has 3 rings (SSSR count). The van der Waals surface area contributed by atoms with Crippen molar-refractivity contribution in [3.05, 3.63) is 69.6 Å². The van der Waals surface area contributed by atoms with Crippen LogP contribution in [0.25, 0.3) is 6.08 Å². The van der Waals surface area contributed by atoms with E-state index in [1.54, 1.807) is 36.4 Å². The fraction of sp³-hybridized carbons (Fsp3) is 0.370. The van der Waals surface area contributed by atoms with E-state index in [-0.39, 0.29) is 11.4 Å². The van der Waals surface area contributed by atoms with Crippen LogP contribution < -0.4 is 4.74 Å². The lowest BCUT2D eigenvalue weighted by molar-refractivity contribution is -0.104. The number of allylic oxidation sites excluding steroid dienone is 2. The number of phenols is 2. The molecule has 0 aliphatic carbocycles. The largest absolute Gasteiger partial charge is 0.508 e. The first kappa shape index (κ1) is 27.4. The van der Waals surface area contributed by atoms with Crippen molar-refractivity contribution < 1.29 is 19.7 Å². The summed E-state index contributed by atoms with van der Waals surface area (Å²) in [7, 11) is 0. The van der Waals surface area contributed by atoms with Crippen LogP contribution in [0, 0.1) is 20.8 Å². The van der Waals surface area contributed by atoms with E-state index in [9.17, 15) is 9.90 Å². The number of aromatic hydroxyl groups is 2. The van der Waals surface area contributed by atoms with Crippen molar-refractivity contribution in [2.75, 3.05) is 6.26 Å². The van der Waals surface area contributed by atoms with Gasteiger partial charge in [0.05, 0.1) is 0 Å². The van der Waals surface area contributed by atoms with Crippen LogP contribution in [0.5, 0.6) is 17.2 Å². The minimum Gasteiger partial charge on any atom is -0.508 e. The zero-order valence-corrected chi connectivity index (χ0v) is 21.1. The second-order valence-corrected chi connectivity index (χ2v) is 9.14. The number of hydrogen-bond donors (Lipinski definition) is 2. The van der Waals surface area contributed by atoms with Gasteiger partial charge in [-0.2, -0.15) is 0 Å². The average Bonchev–Trinajstić information content (AvgIpc) is 2.76. The van der Waals surface area contributed by atoms with Gasteiger partial charge in [0.25, 0.3) is 0 Å². The van der Waals surface area contributed by atoms with Gasteiger partial charge in [-0.3, -0.25) is 4.79 Å². The lowest BCUT2D eigenvalue weighted by atomic mass is 9.88. The highest BCUT2D eigenvalue weighted by molar-refractivity contribution is 8.03. The molecule has 0 amide bonds. The van der Waals surface area contributed by atoms with Crippen molar-refractivity contribution in [2.45, 2.75) is 60.0 Å². The minimum absolute atomic E-state index is 0.0897. The van der Waals surface area contributed by atoms with Gasteiger partial charge < -0.3 is 14.9 Å². The third-order valence-electron chi connectivity index (χ3n) is 5.25. The fourth-order valence-corrected chi connectivity index (χ4v) is 3.59. The molecule has 0 bridgehead atoms. The molecule has 5 heteroatoms. The van der Waals surface area contributed by atoms with Crippen LogP contribution >= 0.6 is 11.8 Å². The van der Waals surface area contributed by atoms with Crippen LogP contribution in [0.2, 0.25) is 0 Å². The maximum absolute atomic E-state index is 10.5. The monoisotopic (exact) mass is 456 g/mol. The zero-order valence-electron chi connectivity index (χ0n) is 20.3.